The Hall–Kier alpha value is -3.99. The number of primary amides is 1. The molecular weight excluding hydrogens is 406 g/mol. The first-order chi connectivity index (χ1) is 14.3. The van der Waals surface area contributed by atoms with Gasteiger partial charge in [-0.25, -0.2) is 13.4 Å². The number of anilines is 4. The van der Waals surface area contributed by atoms with Gasteiger partial charge < -0.3 is 16.4 Å². The van der Waals surface area contributed by atoms with E-state index >= 15 is 0 Å². The van der Waals surface area contributed by atoms with E-state index in [1.165, 1.54) is 18.3 Å². The van der Waals surface area contributed by atoms with Crippen molar-refractivity contribution in [3.8, 4) is 0 Å². The normalized spacial score (nSPS) is 11.4. The van der Waals surface area contributed by atoms with Crippen molar-refractivity contribution in [1.82, 2.24) is 20.2 Å². The first kappa shape index (κ1) is 19.3. The molecule has 0 saturated carbocycles. The molecule has 11 heteroatoms. The fourth-order valence-electron chi connectivity index (χ4n) is 2.78. The standard InChI is InChI=1S/C19H17N7O3S/c1-30(28,29)14-6-4-12(5-7-14)24-19-21-10-15(17(20)27)18(25-19)23-13-3-2-11-9-22-26-16(11)8-13/h2-10H,1H3,(H2,20,27)(H,22,26)(H2,21,23,24,25). The quantitative estimate of drug-likeness (QED) is 0.368. The molecule has 0 radical (unpaired) electrons. The zero-order valence-electron chi connectivity index (χ0n) is 15.7. The molecule has 2 aromatic heterocycles. The Labute approximate surface area is 171 Å². The van der Waals surface area contributed by atoms with Gasteiger partial charge in [-0.1, -0.05) is 0 Å². The molecule has 0 aliphatic rings. The molecule has 0 unspecified atom stereocenters. The summed E-state index contributed by atoms with van der Waals surface area (Å²) in [6, 6.07) is 11.7. The van der Waals surface area contributed by atoms with Crippen LogP contribution in [0.3, 0.4) is 0 Å². The molecule has 0 atom stereocenters. The molecule has 5 N–H and O–H groups in total. The van der Waals surface area contributed by atoms with Gasteiger partial charge in [0.2, 0.25) is 5.95 Å². The average Bonchev–Trinajstić information content (AvgIpc) is 3.15. The number of nitrogens with zero attached hydrogens (tertiary/aromatic N) is 3. The van der Waals surface area contributed by atoms with Crippen LogP contribution in [0.5, 0.6) is 0 Å². The molecule has 0 aliphatic carbocycles. The highest BCUT2D eigenvalue weighted by atomic mass is 32.2. The fourth-order valence-corrected chi connectivity index (χ4v) is 3.41. The first-order valence-electron chi connectivity index (χ1n) is 8.74. The minimum absolute atomic E-state index is 0.123. The summed E-state index contributed by atoms with van der Waals surface area (Å²) in [5.74, 6) is -0.243. The van der Waals surface area contributed by atoms with Crippen molar-refractivity contribution in [2.24, 2.45) is 5.73 Å². The van der Waals surface area contributed by atoms with Crippen molar-refractivity contribution in [3.05, 3.63) is 60.4 Å². The van der Waals surface area contributed by atoms with Crippen molar-refractivity contribution in [2.75, 3.05) is 16.9 Å². The predicted molar refractivity (Wildman–Crippen MR) is 113 cm³/mol. The highest BCUT2D eigenvalue weighted by Crippen LogP contribution is 2.24. The van der Waals surface area contributed by atoms with Gasteiger partial charge in [0, 0.05) is 29.2 Å². The Bertz CT molecular complexity index is 1350. The van der Waals surface area contributed by atoms with Crippen LogP contribution in [0.15, 0.2) is 59.8 Å². The second-order valence-electron chi connectivity index (χ2n) is 6.54. The molecule has 0 spiro atoms. The summed E-state index contributed by atoms with van der Waals surface area (Å²) in [4.78, 5) is 20.5. The van der Waals surface area contributed by atoms with Gasteiger partial charge in [0.25, 0.3) is 5.91 Å². The highest BCUT2D eigenvalue weighted by Gasteiger charge is 2.14. The molecule has 4 aromatic rings. The summed E-state index contributed by atoms with van der Waals surface area (Å²) >= 11 is 0. The third-order valence-electron chi connectivity index (χ3n) is 4.30. The second kappa shape index (κ2) is 7.44. The van der Waals surface area contributed by atoms with E-state index in [1.54, 1.807) is 18.3 Å². The van der Waals surface area contributed by atoms with Gasteiger partial charge in [-0.05, 0) is 42.5 Å². The number of benzene rings is 2. The van der Waals surface area contributed by atoms with Crippen molar-refractivity contribution in [1.29, 1.82) is 0 Å². The van der Waals surface area contributed by atoms with Crippen LogP contribution in [-0.4, -0.2) is 40.7 Å². The first-order valence-corrected chi connectivity index (χ1v) is 10.6. The van der Waals surface area contributed by atoms with Crippen LogP contribution in [-0.2, 0) is 9.84 Å². The van der Waals surface area contributed by atoms with E-state index in [9.17, 15) is 13.2 Å². The smallest absolute Gasteiger partial charge is 0.254 e. The summed E-state index contributed by atoms with van der Waals surface area (Å²) in [6.45, 7) is 0. The van der Waals surface area contributed by atoms with E-state index < -0.39 is 15.7 Å². The number of hydrogen-bond acceptors (Lipinski definition) is 8. The van der Waals surface area contributed by atoms with Gasteiger partial charge in [-0.15, -0.1) is 0 Å². The van der Waals surface area contributed by atoms with Gasteiger partial charge in [-0.3, -0.25) is 9.89 Å². The zero-order valence-corrected chi connectivity index (χ0v) is 16.6. The molecule has 1 amide bonds. The fraction of sp³-hybridized carbons (Fsp3) is 0.0526. The number of rotatable bonds is 6. The highest BCUT2D eigenvalue weighted by molar-refractivity contribution is 7.90. The van der Waals surface area contributed by atoms with Crippen LogP contribution >= 0.6 is 0 Å². The lowest BCUT2D eigenvalue weighted by Gasteiger charge is -2.12. The van der Waals surface area contributed by atoms with Crippen LogP contribution in [0.2, 0.25) is 0 Å². The van der Waals surface area contributed by atoms with E-state index in [-0.39, 0.29) is 22.2 Å². The average molecular weight is 423 g/mol. The minimum Gasteiger partial charge on any atom is -0.365 e. The van der Waals surface area contributed by atoms with E-state index in [4.69, 9.17) is 5.73 Å². The lowest BCUT2D eigenvalue weighted by molar-refractivity contribution is 0.100. The monoisotopic (exact) mass is 423 g/mol. The molecule has 0 saturated heterocycles. The van der Waals surface area contributed by atoms with Crippen molar-refractivity contribution in [2.45, 2.75) is 4.90 Å². The topological polar surface area (TPSA) is 156 Å². The molecular formula is C19H17N7O3S. The number of fused-ring (bicyclic) bond motifs is 1. The summed E-state index contributed by atoms with van der Waals surface area (Å²) in [5.41, 5.74) is 7.65. The summed E-state index contributed by atoms with van der Waals surface area (Å²) < 4.78 is 23.2. The molecule has 0 bridgehead atoms. The molecule has 30 heavy (non-hydrogen) atoms. The maximum Gasteiger partial charge on any atom is 0.254 e. The Morgan fingerprint density at radius 1 is 1.03 bits per heavy atom. The Balaban J connectivity index is 1.63. The Morgan fingerprint density at radius 2 is 1.77 bits per heavy atom. The number of aromatic nitrogens is 4. The Kier molecular flexibility index (Phi) is 4.80. The van der Waals surface area contributed by atoms with Gasteiger partial charge in [0.05, 0.1) is 16.6 Å². The lowest BCUT2D eigenvalue weighted by atomic mass is 10.2. The van der Waals surface area contributed by atoms with Crippen LogP contribution in [0.4, 0.5) is 23.1 Å². The Morgan fingerprint density at radius 3 is 2.47 bits per heavy atom. The molecule has 0 fully saturated rings. The molecule has 4 rings (SSSR count). The molecule has 0 aliphatic heterocycles. The number of sulfone groups is 1. The summed E-state index contributed by atoms with van der Waals surface area (Å²) in [5, 5.41) is 13.8. The van der Waals surface area contributed by atoms with E-state index in [0.29, 0.717) is 11.4 Å². The van der Waals surface area contributed by atoms with E-state index in [2.05, 4.69) is 30.8 Å². The lowest BCUT2D eigenvalue weighted by Crippen LogP contribution is -2.15. The minimum atomic E-state index is -3.29. The molecule has 2 aromatic carbocycles. The zero-order chi connectivity index (χ0) is 21.3. The molecule has 2 heterocycles. The van der Waals surface area contributed by atoms with Crippen LogP contribution < -0.4 is 16.4 Å². The SMILES string of the molecule is CS(=O)(=O)c1ccc(Nc2ncc(C(N)=O)c(Nc3ccc4cn[nH]c4c3)n2)cc1. The summed E-state index contributed by atoms with van der Waals surface area (Å²) in [6.07, 6.45) is 4.16. The van der Waals surface area contributed by atoms with Gasteiger partial charge in [-0.2, -0.15) is 10.1 Å². The number of amides is 1. The third-order valence-corrected chi connectivity index (χ3v) is 5.43. The van der Waals surface area contributed by atoms with E-state index in [1.807, 2.05) is 18.2 Å². The largest absolute Gasteiger partial charge is 0.365 e. The van der Waals surface area contributed by atoms with Gasteiger partial charge >= 0.3 is 0 Å². The number of nitrogens with one attached hydrogen (secondary N) is 3. The molecule has 10 nitrogen and oxygen atoms in total. The number of nitrogens with two attached hydrogens (primary N) is 1. The van der Waals surface area contributed by atoms with Gasteiger partial charge in [0.15, 0.2) is 9.84 Å². The number of hydrogen-bond donors (Lipinski definition) is 4. The van der Waals surface area contributed by atoms with Crippen molar-refractivity contribution in [3.63, 3.8) is 0 Å². The number of H-pyrrole nitrogens is 1. The maximum absolute atomic E-state index is 11.8. The number of carbonyl (C=O) groups excluding carboxylic acids is 1. The number of carbonyl (C=O) groups is 1. The van der Waals surface area contributed by atoms with E-state index in [0.717, 1.165) is 17.2 Å². The predicted octanol–water partition coefficient (Wildman–Crippen LogP) is 2.34. The van der Waals surface area contributed by atoms with Crippen molar-refractivity contribution >= 4 is 49.8 Å². The van der Waals surface area contributed by atoms with Crippen LogP contribution in [0, 0.1) is 0 Å². The summed E-state index contributed by atoms with van der Waals surface area (Å²) in [7, 11) is -3.29. The number of aromatic amines is 1. The van der Waals surface area contributed by atoms with Crippen molar-refractivity contribution < 1.29 is 13.2 Å². The maximum atomic E-state index is 11.8. The van der Waals surface area contributed by atoms with Crippen LogP contribution in [0.25, 0.3) is 10.9 Å². The second-order valence-corrected chi connectivity index (χ2v) is 8.55. The molecule has 152 valence electrons. The third kappa shape index (κ3) is 4.05. The van der Waals surface area contributed by atoms with Gasteiger partial charge in [0.1, 0.15) is 11.4 Å². The van der Waals surface area contributed by atoms with Crippen LogP contribution in [0.1, 0.15) is 10.4 Å².